The predicted octanol–water partition coefficient (Wildman–Crippen LogP) is 2.58. The molecule has 7 nitrogen and oxygen atoms in total. The van der Waals surface area contributed by atoms with E-state index in [0.717, 1.165) is 61.5 Å². The maximum atomic E-state index is 12.3. The number of nitrogens with one attached hydrogen (secondary N) is 1. The minimum Gasteiger partial charge on any atom is -0.376 e. The average molecular weight is 367 g/mol. The second kappa shape index (κ2) is 7.03. The highest BCUT2D eigenvalue weighted by molar-refractivity contribution is 5.47. The van der Waals surface area contributed by atoms with Crippen molar-refractivity contribution in [2.24, 2.45) is 0 Å². The highest BCUT2D eigenvalue weighted by atomic mass is 16.5. The van der Waals surface area contributed by atoms with Crippen LogP contribution >= 0.6 is 0 Å². The maximum Gasteiger partial charge on any atom is 0.267 e. The van der Waals surface area contributed by atoms with E-state index in [1.54, 1.807) is 17.1 Å². The van der Waals surface area contributed by atoms with Crippen molar-refractivity contribution in [3.05, 3.63) is 45.8 Å². The Labute approximate surface area is 158 Å². The Balaban J connectivity index is 1.26. The van der Waals surface area contributed by atoms with Gasteiger partial charge in [-0.05, 0) is 44.6 Å². The van der Waals surface area contributed by atoms with Gasteiger partial charge in [0, 0.05) is 30.0 Å². The zero-order chi connectivity index (χ0) is 18.2. The summed E-state index contributed by atoms with van der Waals surface area (Å²) in [5, 5.41) is 8.27. The lowest BCUT2D eigenvalue weighted by atomic mass is 9.91. The lowest BCUT2D eigenvalue weighted by molar-refractivity contribution is 0.109. The first-order valence-electron chi connectivity index (χ1n) is 10.0. The number of aromatic nitrogens is 4. The molecular formula is C20H25N5O2. The van der Waals surface area contributed by atoms with Gasteiger partial charge in [-0.1, -0.05) is 0 Å². The first-order valence-corrected chi connectivity index (χ1v) is 10.0. The van der Waals surface area contributed by atoms with E-state index in [1.807, 2.05) is 6.07 Å². The van der Waals surface area contributed by atoms with Gasteiger partial charge in [-0.15, -0.1) is 0 Å². The Kier molecular flexibility index (Phi) is 4.39. The molecule has 0 atom stereocenters. The van der Waals surface area contributed by atoms with Gasteiger partial charge < -0.3 is 10.1 Å². The smallest absolute Gasteiger partial charge is 0.267 e. The first-order chi connectivity index (χ1) is 13.3. The predicted molar refractivity (Wildman–Crippen MR) is 101 cm³/mol. The van der Waals surface area contributed by atoms with Crippen LogP contribution in [0.4, 0.5) is 5.82 Å². The van der Waals surface area contributed by atoms with Crippen molar-refractivity contribution < 1.29 is 4.74 Å². The standard InChI is InChI=1S/C20H25N5O2/c26-19-8-7-17(13-1-2-13)24-25(19)15-5-3-14(4-6-15)23-20-16-11-27-10-9-18(16)21-12-22-20/h7-8,12-15H,1-6,9-11H2,(H,21,22,23). The van der Waals surface area contributed by atoms with Crippen LogP contribution in [-0.4, -0.2) is 32.4 Å². The molecule has 2 aromatic heterocycles. The van der Waals surface area contributed by atoms with Crippen molar-refractivity contribution in [1.29, 1.82) is 0 Å². The minimum absolute atomic E-state index is 0.0258. The Morgan fingerprint density at radius 1 is 1.07 bits per heavy atom. The van der Waals surface area contributed by atoms with Crippen molar-refractivity contribution in [3.8, 4) is 0 Å². The summed E-state index contributed by atoms with van der Waals surface area (Å²) in [5.74, 6) is 1.48. The van der Waals surface area contributed by atoms with Crippen molar-refractivity contribution in [2.75, 3.05) is 11.9 Å². The molecule has 0 bridgehead atoms. The second-order valence-electron chi connectivity index (χ2n) is 7.92. The van der Waals surface area contributed by atoms with E-state index in [1.165, 1.54) is 12.8 Å². The summed E-state index contributed by atoms with van der Waals surface area (Å²) in [6.07, 6.45) is 8.84. The molecule has 27 heavy (non-hydrogen) atoms. The largest absolute Gasteiger partial charge is 0.376 e. The van der Waals surface area contributed by atoms with Gasteiger partial charge in [0.05, 0.1) is 30.6 Å². The molecule has 1 N–H and O–H groups in total. The summed E-state index contributed by atoms with van der Waals surface area (Å²) in [6.45, 7) is 1.32. The summed E-state index contributed by atoms with van der Waals surface area (Å²) in [5.41, 5.74) is 3.31. The van der Waals surface area contributed by atoms with Crippen LogP contribution in [0.3, 0.4) is 0 Å². The normalized spacial score (nSPS) is 25.0. The summed E-state index contributed by atoms with van der Waals surface area (Å²) in [4.78, 5) is 21.1. The first kappa shape index (κ1) is 16.9. The van der Waals surface area contributed by atoms with E-state index in [0.29, 0.717) is 18.6 Å². The lowest BCUT2D eigenvalue weighted by Gasteiger charge is -2.31. The Morgan fingerprint density at radius 3 is 2.74 bits per heavy atom. The van der Waals surface area contributed by atoms with Gasteiger partial charge in [0.25, 0.3) is 5.56 Å². The highest BCUT2D eigenvalue weighted by Crippen LogP contribution is 2.39. The van der Waals surface area contributed by atoms with Crippen LogP contribution in [0.25, 0.3) is 0 Å². The van der Waals surface area contributed by atoms with Gasteiger partial charge in [0.15, 0.2) is 0 Å². The Hall–Kier alpha value is -2.28. The van der Waals surface area contributed by atoms with Crippen LogP contribution in [-0.2, 0) is 17.8 Å². The van der Waals surface area contributed by atoms with E-state index in [-0.39, 0.29) is 11.6 Å². The lowest BCUT2D eigenvalue weighted by Crippen LogP contribution is -2.34. The van der Waals surface area contributed by atoms with Crippen molar-refractivity contribution in [2.45, 2.75) is 69.6 Å². The molecular weight excluding hydrogens is 342 g/mol. The Bertz CT molecular complexity index is 884. The van der Waals surface area contributed by atoms with Gasteiger partial charge in [-0.3, -0.25) is 4.79 Å². The monoisotopic (exact) mass is 367 g/mol. The zero-order valence-electron chi connectivity index (χ0n) is 15.4. The molecule has 1 aliphatic heterocycles. The molecule has 3 aliphatic rings. The molecule has 142 valence electrons. The molecule has 2 saturated carbocycles. The van der Waals surface area contributed by atoms with Gasteiger partial charge in [0.2, 0.25) is 0 Å². The molecule has 0 aromatic carbocycles. The fraction of sp³-hybridized carbons (Fsp3) is 0.600. The molecule has 0 saturated heterocycles. The molecule has 3 heterocycles. The molecule has 2 aromatic rings. The van der Waals surface area contributed by atoms with E-state index in [4.69, 9.17) is 4.74 Å². The highest BCUT2D eigenvalue weighted by Gasteiger charge is 2.28. The molecule has 0 radical (unpaired) electrons. The minimum atomic E-state index is 0.0258. The third-order valence-corrected chi connectivity index (χ3v) is 5.99. The summed E-state index contributed by atoms with van der Waals surface area (Å²) in [7, 11) is 0. The fourth-order valence-corrected chi connectivity index (χ4v) is 4.24. The third kappa shape index (κ3) is 3.48. The quantitative estimate of drug-likeness (QED) is 0.894. The zero-order valence-corrected chi connectivity index (χ0v) is 15.4. The van der Waals surface area contributed by atoms with Crippen LogP contribution in [0.5, 0.6) is 0 Å². The number of hydrogen-bond acceptors (Lipinski definition) is 6. The van der Waals surface area contributed by atoms with Crippen LogP contribution in [0.1, 0.15) is 67.4 Å². The number of nitrogens with zero attached hydrogens (tertiary/aromatic N) is 4. The SMILES string of the molecule is O=c1ccc(C2CC2)nn1C1CCC(Nc2ncnc3c2COCC3)CC1. The summed E-state index contributed by atoms with van der Waals surface area (Å²) in [6, 6.07) is 4.17. The van der Waals surface area contributed by atoms with E-state index < -0.39 is 0 Å². The third-order valence-electron chi connectivity index (χ3n) is 5.99. The number of fused-ring (bicyclic) bond motifs is 1. The summed E-state index contributed by atoms with van der Waals surface area (Å²) < 4.78 is 7.32. The number of rotatable bonds is 4. The van der Waals surface area contributed by atoms with Gasteiger partial charge in [0.1, 0.15) is 12.1 Å². The molecule has 2 aliphatic carbocycles. The van der Waals surface area contributed by atoms with E-state index in [9.17, 15) is 4.79 Å². The van der Waals surface area contributed by atoms with Gasteiger partial charge in [-0.25, -0.2) is 14.6 Å². The molecule has 2 fully saturated rings. The van der Waals surface area contributed by atoms with E-state index in [2.05, 4.69) is 20.4 Å². The molecule has 0 amide bonds. The molecule has 0 spiro atoms. The van der Waals surface area contributed by atoms with Crippen LogP contribution < -0.4 is 10.9 Å². The van der Waals surface area contributed by atoms with Crippen LogP contribution in [0.15, 0.2) is 23.3 Å². The number of hydrogen-bond donors (Lipinski definition) is 1. The Morgan fingerprint density at radius 2 is 1.93 bits per heavy atom. The van der Waals surface area contributed by atoms with E-state index >= 15 is 0 Å². The molecule has 0 unspecified atom stereocenters. The number of anilines is 1. The van der Waals surface area contributed by atoms with Gasteiger partial charge in [-0.2, -0.15) is 5.10 Å². The fourth-order valence-electron chi connectivity index (χ4n) is 4.24. The van der Waals surface area contributed by atoms with Gasteiger partial charge >= 0.3 is 0 Å². The molecule has 7 heteroatoms. The van der Waals surface area contributed by atoms with Crippen LogP contribution in [0, 0.1) is 0 Å². The maximum absolute atomic E-state index is 12.3. The average Bonchev–Trinajstić information content (AvgIpc) is 3.55. The van der Waals surface area contributed by atoms with Crippen LogP contribution in [0.2, 0.25) is 0 Å². The van der Waals surface area contributed by atoms with Crippen molar-refractivity contribution >= 4 is 5.82 Å². The molecule has 5 rings (SSSR count). The number of ether oxygens (including phenoxy) is 1. The summed E-state index contributed by atoms with van der Waals surface area (Å²) >= 11 is 0. The second-order valence-corrected chi connectivity index (χ2v) is 7.92. The van der Waals surface area contributed by atoms with Crippen molar-refractivity contribution in [3.63, 3.8) is 0 Å². The van der Waals surface area contributed by atoms with Crippen molar-refractivity contribution in [1.82, 2.24) is 19.7 Å². The topological polar surface area (TPSA) is 81.9 Å².